The Balaban J connectivity index is -0.000000156. The molecule has 0 fully saturated rings. The van der Waals surface area contributed by atoms with Crippen molar-refractivity contribution >= 4 is 30.1 Å². The van der Waals surface area contributed by atoms with Crippen LogP contribution in [0, 0.1) is 0 Å². The number of rotatable bonds is 3. The van der Waals surface area contributed by atoms with Crippen LogP contribution in [-0.2, 0) is 26.2 Å². The van der Waals surface area contributed by atoms with E-state index in [1.807, 2.05) is 0 Å². The molecule has 0 atom stereocenters. The first kappa shape index (κ1) is 29.7. The molecular formula is C13H39N2Si4Zr. The summed E-state index contributed by atoms with van der Waals surface area (Å²) in [5.74, 6) is 0. The molecule has 0 saturated carbocycles. The van der Waals surface area contributed by atoms with Gasteiger partial charge in [0.15, 0.2) is 0 Å². The maximum absolute atomic E-state index is 3.50. The second kappa shape index (κ2) is 13.1. The Bertz CT molecular complexity index is 173. The molecule has 0 aromatic carbocycles. The van der Waals surface area contributed by atoms with Crippen LogP contribution in [0.4, 0.5) is 0 Å². The van der Waals surface area contributed by atoms with E-state index in [0.29, 0.717) is 0 Å². The fourth-order valence-corrected chi connectivity index (χ4v) is 91.1. The van der Waals surface area contributed by atoms with Crippen molar-refractivity contribution in [3.63, 3.8) is 0 Å². The van der Waals surface area contributed by atoms with Gasteiger partial charge < -0.3 is 10.6 Å². The Morgan fingerprint density at radius 2 is 0.600 bits per heavy atom. The van der Waals surface area contributed by atoms with Gasteiger partial charge in [-0.25, -0.2) is 0 Å². The second-order valence-electron chi connectivity index (χ2n) is 8.02. The van der Waals surface area contributed by atoms with E-state index in [0.717, 1.165) is 0 Å². The quantitative estimate of drug-likeness (QED) is 0.570. The molecule has 2 nitrogen and oxygen atoms in total. The Labute approximate surface area is 153 Å². The van der Waals surface area contributed by atoms with Crippen molar-refractivity contribution in [1.82, 2.24) is 0 Å². The van der Waals surface area contributed by atoms with Gasteiger partial charge in [-0.05, 0) is 0 Å². The molecule has 20 heavy (non-hydrogen) atoms. The molecule has 121 valence electrons. The van der Waals surface area contributed by atoms with E-state index in [1.165, 1.54) is 0 Å². The largest absolute Gasteiger partial charge is 2.00 e. The van der Waals surface area contributed by atoms with Gasteiger partial charge in [-0.2, -0.15) is 28.2 Å². The summed E-state index contributed by atoms with van der Waals surface area (Å²) in [4.78, 5) is 0. The summed E-state index contributed by atoms with van der Waals surface area (Å²) in [6, 6.07) is 0. The smallest absolute Gasteiger partial charge is 0.668 e. The van der Waals surface area contributed by atoms with Gasteiger partial charge in [-0.15, -0.1) is 0 Å². The Morgan fingerprint density at radius 3 is 0.600 bits per heavy atom. The monoisotopic (exact) mass is 425 g/mol. The minimum atomic E-state index is -0.832. The van der Waals surface area contributed by atoms with E-state index in [9.17, 15) is 0 Å². The molecule has 0 spiro atoms. The van der Waals surface area contributed by atoms with Gasteiger partial charge in [0.2, 0.25) is 0 Å². The normalized spacial score (nSPS) is 11.7. The zero-order chi connectivity index (χ0) is 16.5. The van der Waals surface area contributed by atoms with Crippen LogP contribution in [0.2, 0.25) is 58.9 Å². The molecular weight excluding hydrogens is 388 g/mol. The Kier molecular flexibility index (Phi) is 19.5. The summed E-state index contributed by atoms with van der Waals surface area (Å²) < 4.78 is 0. The van der Waals surface area contributed by atoms with Crippen LogP contribution in [0.3, 0.4) is 0 Å². The van der Waals surface area contributed by atoms with Crippen molar-refractivity contribution in [2.75, 3.05) is 28.2 Å². The summed E-state index contributed by atoms with van der Waals surface area (Å²) in [5, 5.41) is 7.00. The van der Waals surface area contributed by atoms with E-state index < -0.39 is 22.8 Å². The van der Waals surface area contributed by atoms with Crippen LogP contribution in [0.1, 0.15) is 0 Å². The van der Waals surface area contributed by atoms with Gasteiger partial charge in [0.05, 0.1) is 0 Å². The summed E-state index contributed by atoms with van der Waals surface area (Å²) in [6.07, 6.45) is 0. The van der Waals surface area contributed by atoms with E-state index >= 15 is 0 Å². The van der Waals surface area contributed by atoms with Gasteiger partial charge in [0.25, 0.3) is 0 Å². The fraction of sp³-hybridized carbons (Fsp3) is 1.00. The molecule has 0 aliphatic heterocycles. The van der Waals surface area contributed by atoms with Gasteiger partial charge in [-0.3, -0.25) is 0 Å². The zero-order valence-corrected chi connectivity index (χ0v) is 22.9. The molecule has 7 heteroatoms. The SMILES string of the molecule is C[N-]C.C[N-]C.C[Si](C)(C)[Si]([Si](C)(C)C)[Si](C)(C)C.[Zr+2]. The van der Waals surface area contributed by atoms with E-state index in [-0.39, 0.29) is 33.6 Å². The van der Waals surface area contributed by atoms with Gasteiger partial charge in [0.1, 0.15) is 0 Å². The third-order valence-corrected chi connectivity index (χ3v) is 60.8. The van der Waals surface area contributed by atoms with Crippen LogP contribution in [0.25, 0.3) is 10.6 Å². The molecule has 0 rings (SSSR count). The fourth-order valence-electron chi connectivity index (χ4n) is 3.38. The maximum Gasteiger partial charge on any atom is 2.00 e. The summed E-state index contributed by atoms with van der Waals surface area (Å²) in [5.41, 5.74) is 0. The average molecular weight is 427 g/mol. The van der Waals surface area contributed by atoms with Gasteiger partial charge in [-0.1, -0.05) is 58.9 Å². The van der Waals surface area contributed by atoms with Gasteiger partial charge >= 0.3 is 26.2 Å². The van der Waals surface area contributed by atoms with E-state index in [2.05, 4.69) is 69.6 Å². The maximum atomic E-state index is 3.50. The average Bonchev–Trinajstić information content (AvgIpc) is 1.95. The molecule has 0 heterocycles. The van der Waals surface area contributed by atoms with Crippen molar-refractivity contribution in [2.45, 2.75) is 58.9 Å². The first-order valence-electron chi connectivity index (χ1n) is 7.04. The predicted octanol–water partition coefficient (Wildman–Crippen LogP) is 4.97. The first-order valence-corrected chi connectivity index (χ1v) is 22.0. The zero-order valence-electron chi connectivity index (χ0n) is 16.4. The van der Waals surface area contributed by atoms with Crippen LogP contribution >= 0.6 is 0 Å². The van der Waals surface area contributed by atoms with E-state index in [1.54, 1.807) is 28.2 Å². The topological polar surface area (TPSA) is 28.2 Å². The molecule has 0 unspecified atom stereocenters. The molecule has 0 N–H and O–H groups in total. The second-order valence-corrected chi connectivity index (χ2v) is 44.8. The van der Waals surface area contributed by atoms with Crippen LogP contribution < -0.4 is 0 Å². The number of hydrogen-bond acceptors (Lipinski definition) is 0. The Hall–Kier alpha value is 1.67. The molecule has 0 aliphatic rings. The third-order valence-electron chi connectivity index (χ3n) is 2.25. The van der Waals surface area contributed by atoms with Crippen LogP contribution in [-0.4, -0.2) is 58.3 Å². The predicted molar refractivity (Wildman–Crippen MR) is 106 cm³/mol. The van der Waals surface area contributed by atoms with E-state index in [4.69, 9.17) is 0 Å². The molecule has 0 amide bonds. The minimum Gasteiger partial charge on any atom is -0.668 e. The summed E-state index contributed by atoms with van der Waals surface area (Å²) in [7, 11) is 4.53. The van der Waals surface area contributed by atoms with Crippen LogP contribution in [0.15, 0.2) is 0 Å². The molecule has 0 aromatic heterocycles. The van der Waals surface area contributed by atoms with Gasteiger partial charge in [0, 0.05) is 30.1 Å². The molecule has 0 aromatic rings. The van der Waals surface area contributed by atoms with Crippen molar-refractivity contribution < 1.29 is 26.2 Å². The van der Waals surface area contributed by atoms with Crippen molar-refractivity contribution in [2.24, 2.45) is 0 Å². The number of nitrogens with zero attached hydrogens (tertiary/aromatic N) is 2. The number of hydrogen-bond donors (Lipinski definition) is 0. The summed E-state index contributed by atoms with van der Waals surface area (Å²) in [6.45, 7) is 23.5. The van der Waals surface area contributed by atoms with Crippen molar-refractivity contribution in [1.29, 1.82) is 0 Å². The van der Waals surface area contributed by atoms with Crippen molar-refractivity contribution in [3.8, 4) is 0 Å². The molecule has 0 bridgehead atoms. The Morgan fingerprint density at radius 1 is 0.500 bits per heavy atom. The molecule has 0 aliphatic carbocycles. The van der Waals surface area contributed by atoms with Crippen molar-refractivity contribution in [3.05, 3.63) is 10.6 Å². The third kappa shape index (κ3) is 17.7. The standard InChI is InChI=1S/C9H27Si4.2C2H6N.Zr/c1-11(2,3)10(12(4,5)6)13(7,8)9;2*1-3-2;/h1-9H3;2*1-2H3;/q;2*-1;+2. The minimum absolute atomic E-state index is 0. The molecule has 0 saturated heterocycles. The first-order chi connectivity index (χ1) is 8.19. The molecule has 1 radical (unpaired) electrons. The van der Waals surface area contributed by atoms with Crippen LogP contribution in [0.5, 0.6) is 0 Å². The summed E-state index contributed by atoms with van der Waals surface area (Å²) >= 11 is 0.